The molecule has 1 aliphatic heterocycles. The highest BCUT2D eigenvalue weighted by Crippen LogP contribution is 2.34. The van der Waals surface area contributed by atoms with Crippen molar-refractivity contribution >= 4 is 28.9 Å². The van der Waals surface area contributed by atoms with Crippen LogP contribution in [0.3, 0.4) is 0 Å². The summed E-state index contributed by atoms with van der Waals surface area (Å²) < 4.78 is 0. The zero-order valence-corrected chi connectivity index (χ0v) is 19.7. The Kier molecular flexibility index (Phi) is 6.37. The summed E-state index contributed by atoms with van der Waals surface area (Å²) in [4.78, 5) is 8.44. The SMILES string of the molecule is CN(CCc1ccccc1)Cc1ccc(C(=N)N2C(=N)c3ccccc3Nc3ncccc32)cc1. The fraction of sp³-hybridized carbons (Fsp3) is 0.138. The van der Waals surface area contributed by atoms with Crippen LogP contribution in [0.4, 0.5) is 17.2 Å². The standard InChI is InChI=1S/C29H28N6/c1-34(19-17-21-8-3-2-4-9-21)20-22-13-15-23(16-14-22)27(30)35-26-12-7-18-32-29(26)33-25-11-6-5-10-24(25)28(35)31/h2-16,18,30-31H,17,19-20H2,1H3,(H,32,33). The second-order valence-corrected chi connectivity index (χ2v) is 8.74. The molecule has 0 bridgehead atoms. The van der Waals surface area contributed by atoms with E-state index in [2.05, 4.69) is 58.6 Å². The number of pyridine rings is 1. The zero-order chi connectivity index (χ0) is 24.2. The van der Waals surface area contributed by atoms with Gasteiger partial charge in [0.05, 0.1) is 11.4 Å². The number of likely N-dealkylation sites (N-methyl/N-ethyl adjacent to an activating group) is 1. The van der Waals surface area contributed by atoms with E-state index in [4.69, 9.17) is 10.8 Å². The van der Waals surface area contributed by atoms with Crippen LogP contribution >= 0.6 is 0 Å². The molecule has 0 radical (unpaired) electrons. The predicted octanol–water partition coefficient (Wildman–Crippen LogP) is 5.67. The maximum absolute atomic E-state index is 9.02. The van der Waals surface area contributed by atoms with E-state index in [1.54, 1.807) is 11.1 Å². The van der Waals surface area contributed by atoms with Gasteiger partial charge in [0.2, 0.25) is 0 Å². The number of anilines is 3. The summed E-state index contributed by atoms with van der Waals surface area (Å²) in [5.41, 5.74) is 5.50. The van der Waals surface area contributed by atoms with Crippen molar-refractivity contribution in [2.45, 2.75) is 13.0 Å². The summed E-state index contributed by atoms with van der Waals surface area (Å²) in [5, 5.41) is 21.3. The molecule has 0 amide bonds. The Labute approximate surface area is 205 Å². The molecule has 6 heteroatoms. The zero-order valence-electron chi connectivity index (χ0n) is 19.7. The highest BCUT2D eigenvalue weighted by molar-refractivity contribution is 6.30. The first kappa shape index (κ1) is 22.5. The van der Waals surface area contributed by atoms with Crippen molar-refractivity contribution in [2.24, 2.45) is 0 Å². The third-order valence-corrected chi connectivity index (χ3v) is 6.21. The quantitative estimate of drug-likeness (QED) is 0.256. The summed E-state index contributed by atoms with van der Waals surface area (Å²) in [7, 11) is 2.13. The molecule has 1 aromatic heterocycles. The van der Waals surface area contributed by atoms with Crippen LogP contribution < -0.4 is 10.2 Å². The molecular weight excluding hydrogens is 432 g/mol. The van der Waals surface area contributed by atoms with Crippen molar-refractivity contribution in [2.75, 3.05) is 23.8 Å². The van der Waals surface area contributed by atoms with Crippen LogP contribution in [0.15, 0.2) is 97.2 Å². The average Bonchev–Trinajstić information content (AvgIpc) is 3.02. The van der Waals surface area contributed by atoms with Gasteiger partial charge in [-0.2, -0.15) is 0 Å². The monoisotopic (exact) mass is 460 g/mol. The minimum Gasteiger partial charge on any atom is -0.338 e. The Balaban J connectivity index is 1.34. The van der Waals surface area contributed by atoms with Crippen LogP contribution in [-0.2, 0) is 13.0 Å². The highest BCUT2D eigenvalue weighted by Gasteiger charge is 2.28. The van der Waals surface area contributed by atoms with Crippen LogP contribution in [0.1, 0.15) is 22.3 Å². The van der Waals surface area contributed by atoms with Crippen molar-refractivity contribution in [3.8, 4) is 0 Å². The molecule has 174 valence electrons. The van der Waals surface area contributed by atoms with Crippen LogP contribution in [0.25, 0.3) is 0 Å². The first-order chi connectivity index (χ1) is 17.1. The van der Waals surface area contributed by atoms with E-state index in [9.17, 15) is 0 Å². The summed E-state index contributed by atoms with van der Waals surface area (Å²) in [5.74, 6) is 1.12. The molecule has 0 spiro atoms. The van der Waals surface area contributed by atoms with Gasteiger partial charge < -0.3 is 10.2 Å². The van der Waals surface area contributed by atoms with Gasteiger partial charge in [-0.1, -0.05) is 66.7 Å². The van der Waals surface area contributed by atoms with Crippen molar-refractivity contribution < 1.29 is 0 Å². The van der Waals surface area contributed by atoms with Crippen LogP contribution in [0.2, 0.25) is 0 Å². The Morgan fingerprint density at radius 1 is 0.886 bits per heavy atom. The largest absolute Gasteiger partial charge is 0.338 e. The molecule has 35 heavy (non-hydrogen) atoms. The molecule has 0 fully saturated rings. The summed E-state index contributed by atoms with van der Waals surface area (Å²) in [6.07, 6.45) is 2.73. The molecule has 3 aromatic carbocycles. The lowest BCUT2D eigenvalue weighted by atomic mass is 10.1. The fourth-order valence-electron chi connectivity index (χ4n) is 4.33. The van der Waals surface area contributed by atoms with Gasteiger partial charge in [-0.25, -0.2) is 4.98 Å². The van der Waals surface area contributed by atoms with E-state index < -0.39 is 0 Å². The summed E-state index contributed by atoms with van der Waals surface area (Å²) >= 11 is 0. The number of nitrogens with zero attached hydrogens (tertiary/aromatic N) is 3. The summed E-state index contributed by atoms with van der Waals surface area (Å²) in [6.45, 7) is 1.81. The number of rotatable bonds is 6. The number of para-hydroxylation sites is 1. The topological polar surface area (TPSA) is 79.1 Å². The smallest absolute Gasteiger partial charge is 0.154 e. The van der Waals surface area contributed by atoms with Gasteiger partial charge in [0, 0.05) is 30.4 Å². The van der Waals surface area contributed by atoms with Crippen molar-refractivity contribution in [3.05, 3.63) is 119 Å². The number of amidine groups is 2. The number of hydrogen-bond acceptors (Lipinski definition) is 5. The normalized spacial score (nSPS) is 12.5. The van der Waals surface area contributed by atoms with E-state index in [0.717, 1.165) is 36.3 Å². The number of benzene rings is 3. The lowest BCUT2D eigenvalue weighted by Gasteiger charge is -2.25. The van der Waals surface area contributed by atoms with Gasteiger partial charge in [-0.05, 0) is 48.9 Å². The molecule has 0 unspecified atom stereocenters. The Bertz CT molecular complexity index is 1350. The molecule has 0 saturated heterocycles. The lowest BCUT2D eigenvalue weighted by Crippen LogP contribution is -2.36. The molecular formula is C29H28N6. The molecule has 0 atom stereocenters. The maximum Gasteiger partial charge on any atom is 0.154 e. The Morgan fingerprint density at radius 2 is 1.63 bits per heavy atom. The molecule has 2 heterocycles. The third kappa shape index (κ3) is 4.83. The highest BCUT2D eigenvalue weighted by atomic mass is 15.2. The number of hydrogen-bond donors (Lipinski definition) is 3. The van der Waals surface area contributed by atoms with E-state index in [1.807, 2.05) is 54.6 Å². The number of nitrogens with one attached hydrogen (secondary N) is 3. The lowest BCUT2D eigenvalue weighted by molar-refractivity contribution is 0.331. The van der Waals surface area contributed by atoms with E-state index in [1.165, 1.54) is 11.1 Å². The van der Waals surface area contributed by atoms with Crippen LogP contribution in [0, 0.1) is 10.8 Å². The van der Waals surface area contributed by atoms with Gasteiger partial charge in [0.1, 0.15) is 11.7 Å². The van der Waals surface area contributed by atoms with Gasteiger partial charge >= 0.3 is 0 Å². The molecule has 0 aliphatic carbocycles. The maximum atomic E-state index is 9.02. The van der Waals surface area contributed by atoms with E-state index in [0.29, 0.717) is 11.5 Å². The van der Waals surface area contributed by atoms with Gasteiger partial charge in [0.15, 0.2) is 5.82 Å². The van der Waals surface area contributed by atoms with E-state index >= 15 is 0 Å². The first-order valence-electron chi connectivity index (χ1n) is 11.7. The molecule has 3 N–H and O–H groups in total. The molecule has 6 nitrogen and oxygen atoms in total. The number of fused-ring (bicyclic) bond motifs is 2. The third-order valence-electron chi connectivity index (χ3n) is 6.21. The molecule has 4 aromatic rings. The minimum atomic E-state index is 0.242. The first-order valence-corrected chi connectivity index (χ1v) is 11.7. The average molecular weight is 461 g/mol. The minimum absolute atomic E-state index is 0.242. The van der Waals surface area contributed by atoms with Gasteiger partial charge in [-0.15, -0.1) is 0 Å². The second-order valence-electron chi connectivity index (χ2n) is 8.74. The molecule has 1 aliphatic rings. The second kappa shape index (κ2) is 9.91. The van der Waals surface area contributed by atoms with Crippen molar-refractivity contribution in [1.82, 2.24) is 9.88 Å². The van der Waals surface area contributed by atoms with Crippen LogP contribution in [-0.4, -0.2) is 35.1 Å². The predicted molar refractivity (Wildman–Crippen MR) is 143 cm³/mol. The van der Waals surface area contributed by atoms with Crippen LogP contribution in [0.5, 0.6) is 0 Å². The fourth-order valence-corrected chi connectivity index (χ4v) is 4.33. The molecule has 0 saturated carbocycles. The Morgan fingerprint density at radius 3 is 2.43 bits per heavy atom. The van der Waals surface area contributed by atoms with Crippen molar-refractivity contribution in [1.29, 1.82) is 10.8 Å². The van der Waals surface area contributed by atoms with E-state index in [-0.39, 0.29) is 11.7 Å². The number of aromatic nitrogens is 1. The van der Waals surface area contributed by atoms with Gasteiger partial charge in [-0.3, -0.25) is 15.7 Å². The summed E-state index contributed by atoms with van der Waals surface area (Å²) in [6, 6.07) is 30.0. The Hall–Kier alpha value is -4.29. The van der Waals surface area contributed by atoms with Crippen molar-refractivity contribution in [3.63, 3.8) is 0 Å². The van der Waals surface area contributed by atoms with Gasteiger partial charge in [0.25, 0.3) is 0 Å². The molecule has 5 rings (SSSR count).